The van der Waals surface area contributed by atoms with Crippen LogP contribution in [0.2, 0.25) is 0 Å². The monoisotopic (exact) mass is 452 g/mol. The van der Waals surface area contributed by atoms with Gasteiger partial charge >= 0.3 is 0 Å². The van der Waals surface area contributed by atoms with Gasteiger partial charge in [-0.2, -0.15) is 4.98 Å². The third-order valence-electron chi connectivity index (χ3n) is 7.32. The summed E-state index contributed by atoms with van der Waals surface area (Å²) < 4.78 is 6.03. The molecule has 0 radical (unpaired) electrons. The van der Waals surface area contributed by atoms with E-state index in [1.807, 2.05) is 32.2 Å². The second kappa shape index (κ2) is 7.02. The van der Waals surface area contributed by atoms with Crippen LogP contribution in [0, 0.1) is 18.8 Å². The summed E-state index contributed by atoms with van der Waals surface area (Å²) >= 11 is 0. The van der Waals surface area contributed by atoms with Crippen molar-refractivity contribution in [3.8, 4) is 11.5 Å². The number of aromatic nitrogens is 3. The van der Waals surface area contributed by atoms with Crippen molar-refractivity contribution in [3.05, 3.63) is 23.9 Å². The van der Waals surface area contributed by atoms with Crippen LogP contribution in [-0.2, 0) is 0 Å². The van der Waals surface area contributed by atoms with Crippen LogP contribution in [0.5, 0.6) is 0 Å². The van der Waals surface area contributed by atoms with Gasteiger partial charge in [-0.3, -0.25) is 0 Å². The predicted octanol–water partition coefficient (Wildman–Crippen LogP) is 2.07. The van der Waals surface area contributed by atoms with Crippen molar-refractivity contribution in [1.29, 1.82) is 0 Å². The molecule has 0 saturated heterocycles. The van der Waals surface area contributed by atoms with E-state index in [2.05, 4.69) is 30.9 Å². The lowest BCUT2D eigenvalue weighted by Gasteiger charge is -2.32. The van der Waals surface area contributed by atoms with Crippen LogP contribution >= 0.6 is 0 Å². The summed E-state index contributed by atoms with van der Waals surface area (Å²) in [6, 6.07) is 5.62. The second-order valence-corrected chi connectivity index (χ2v) is 9.53. The molecule has 4 unspecified atom stereocenters. The van der Waals surface area contributed by atoms with E-state index in [4.69, 9.17) is 4.42 Å². The zero-order valence-electron chi connectivity index (χ0n) is 18.6. The molecular weight excluding hydrogens is 424 g/mol. The molecule has 0 spiro atoms. The molecule has 10 nitrogen and oxygen atoms in total. The molecule has 0 bridgehead atoms. The largest absolute Gasteiger partial charge is 0.436 e. The number of hydrogen-bond acceptors (Lipinski definition) is 10. The Hall–Kier alpha value is -2.95. The first-order chi connectivity index (χ1) is 15.8. The van der Waals surface area contributed by atoms with Gasteiger partial charge in [-0.25, -0.2) is 9.97 Å². The summed E-state index contributed by atoms with van der Waals surface area (Å²) in [6.45, 7) is 2.61. The van der Waals surface area contributed by atoms with Gasteiger partial charge in [0.05, 0.1) is 11.8 Å². The van der Waals surface area contributed by atoms with Gasteiger partial charge in [-0.1, -0.05) is 0 Å². The van der Waals surface area contributed by atoms with Crippen LogP contribution in [-0.4, -0.2) is 61.3 Å². The van der Waals surface area contributed by atoms with Crippen molar-refractivity contribution < 1.29 is 19.7 Å². The zero-order valence-corrected chi connectivity index (χ0v) is 18.6. The maximum absolute atomic E-state index is 11.3. The third-order valence-corrected chi connectivity index (χ3v) is 7.32. The average molecular weight is 453 g/mol. The first-order valence-electron chi connectivity index (χ1n) is 11.4. The van der Waals surface area contributed by atoms with Crippen LogP contribution in [0.15, 0.2) is 22.6 Å². The molecule has 0 aliphatic heterocycles. The Morgan fingerprint density at radius 2 is 1.97 bits per heavy atom. The van der Waals surface area contributed by atoms with Gasteiger partial charge < -0.3 is 35.7 Å². The Kier molecular flexibility index (Phi) is 4.39. The van der Waals surface area contributed by atoms with E-state index in [0.29, 0.717) is 52.4 Å². The lowest BCUT2D eigenvalue weighted by Crippen LogP contribution is -2.51. The molecule has 2 aromatic heterocycles. The molecule has 1 aromatic carbocycles. The normalized spacial score (nSPS) is 30.3. The van der Waals surface area contributed by atoms with Crippen LogP contribution in [0.25, 0.3) is 22.6 Å². The predicted molar refractivity (Wildman–Crippen MR) is 123 cm³/mol. The van der Waals surface area contributed by atoms with Crippen molar-refractivity contribution >= 4 is 28.6 Å². The van der Waals surface area contributed by atoms with Gasteiger partial charge in [0.25, 0.3) is 0 Å². The van der Waals surface area contributed by atoms with Crippen molar-refractivity contribution in [3.63, 3.8) is 0 Å². The van der Waals surface area contributed by atoms with Crippen molar-refractivity contribution in [1.82, 2.24) is 15.0 Å². The Balaban J connectivity index is 1.43. The maximum atomic E-state index is 11.3. The number of nitrogens with one attached hydrogen (secondary N) is 3. The number of nitrogens with zero attached hydrogens (tertiary/aromatic N) is 3. The summed E-state index contributed by atoms with van der Waals surface area (Å²) in [7, 11) is 1.84. The minimum absolute atomic E-state index is 0.289. The van der Waals surface area contributed by atoms with Gasteiger partial charge in [0.2, 0.25) is 11.8 Å². The molecule has 6 rings (SSSR count). The minimum atomic E-state index is -1.72. The number of aliphatic hydroxyl groups excluding tert-OH is 1. The molecule has 33 heavy (non-hydrogen) atoms. The molecule has 3 aromatic rings. The summed E-state index contributed by atoms with van der Waals surface area (Å²) in [5, 5.41) is 41.8. The van der Waals surface area contributed by atoms with Gasteiger partial charge in [0.15, 0.2) is 11.3 Å². The molecule has 6 N–H and O–H groups in total. The standard InChI is InChI=1S/C23H28N6O4/c1-11-17(20-27-15-9-13(24-2)5-6-16(15)33-20)19(28-21(26-11)25-10-12-3-4-12)29-22(31)8-7-14-18(30)23(14,22)32/h5-6,9,12,14,18,24,30-32H,3-4,7-8,10H2,1-2H3,(H2,25,26,28,29). The number of hydrogen-bond donors (Lipinski definition) is 6. The first kappa shape index (κ1) is 20.6. The van der Waals surface area contributed by atoms with Crippen LogP contribution in [0.4, 0.5) is 17.5 Å². The van der Waals surface area contributed by atoms with E-state index in [-0.39, 0.29) is 12.3 Å². The number of aliphatic hydroxyl groups is 3. The quantitative estimate of drug-likeness (QED) is 0.294. The highest BCUT2D eigenvalue weighted by Gasteiger charge is 2.78. The Bertz CT molecular complexity index is 1240. The SMILES string of the molecule is CNc1ccc2oc(-c3c(C)nc(NCC4CC4)nc3NC3(O)CCC4C(O)C43O)nc2c1. The fraction of sp³-hybridized carbons (Fsp3) is 0.522. The lowest BCUT2D eigenvalue weighted by molar-refractivity contribution is -0.0851. The topological polar surface area (TPSA) is 149 Å². The van der Waals surface area contributed by atoms with Crippen molar-refractivity contribution in [2.45, 2.75) is 50.0 Å². The molecule has 2 heterocycles. The number of oxazole rings is 1. The highest BCUT2D eigenvalue weighted by Crippen LogP contribution is 2.61. The lowest BCUT2D eigenvalue weighted by atomic mass is 10.0. The Morgan fingerprint density at radius 3 is 2.67 bits per heavy atom. The van der Waals surface area contributed by atoms with Gasteiger partial charge in [-0.15, -0.1) is 0 Å². The van der Waals surface area contributed by atoms with E-state index in [1.54, 1.807) is 0 Å². The van der Waals surface area contributed by atoms with E-state index in [1.165, 1.54) is 12.8 Å². The van der Waals surface area contributed by atoms with Crippen LogP contribution < -0.4 is 16.0 Å². The van der Waals surface area contributed by atoms with Gasteiger partial charge in [-0.05, 0) is 56.7 Å². The molecule has 4 atom stereocenters. The first-order valence-corrected chi connectivity index (χ1v) is 11.4. The highest BCUT2D eigenvalue weighted by atomic mass is 16.4. The third kappa shape index (κ3) is 3.16. The van der Waals surface area contributed by atoms with E-state index < -0.39 is 17.4 Å². The summed E-state index contributed by atoms with van der Waals surface area (Å²) in [5.41, 5.74) is -0.00314. The molecule has 0 amide bonds. The van der Waals surface area contributed by atoms with Crippen LogP contribution in [0.3, 0.4) is 0 Å². The van der Waals surface area contributed by atoms with Gasteiger partial charge in [0, 0.05) is 25.2 Å². The summed E-state index contributed by atoms with van der Waals surface area (Å²) in [5.74, 6) is 1.33. The smallest absolute Gasteiger partial charge is 0.232 e. The highest BCUT2D eigenvalue weighted by molar-refractivity contribution is 5.83. The van der Waals surface area contributed by atoms with Crippen LogP contribution in [0.1, 0.15) is 31.4 Å². The minimum Gasteiger partial charge on any atom is -0.436 e. The number of aryl methyl sites for hydroxylation is 1. The molecular formula is C23H28N6O4. The summed E-state index contributed by atoms with van der Waals surface area (Å²) in [6.07, 6.45) is 2.23. The second-order valence-electron chi connectivity index (χ2n) is 9.53. The molecule has 3 aliphatic rings. The summed E-state index contributed by atoms with van der Waals surface area (Å²) in [4.78, 5) is 13.9. The maximum Gasteiger partial charge on any atom is 0.232 e. The molecule has 10 heteroatoms. The number of benzene rings is 1. The fourth-order valence-corrected chi connectivity index (χ4v) is 5.02. The van der Waals surface area contributed by atoms with Gasteiger partial charge in [0.1, 0.15) is 22.5 Å². The number of fused-ring (bicyclic) bond motifs is 2. The van der Waals surface area contributed by atoms with E-state index in [0.717, 1.165) is 12.2 Å². The number of anilines is 3. The molecule has 3 aliphatic carbocycles. The van der Waals surface area contributed by atoms with E-state index >= 15 is 0 Å². The Morgan fingerprint density at radius 1 is 1.15 bits per heavy atom. The average Bonchev–Trinajstić information content (AvgIpc) is 3.62. The van der Waals surface area contributed by atoms with E-state index in [9.17, 15) is 15.3 Å². The Labute approximate surface area is 190 Å². The molecule has 3 saturated carbocycles. The van der Waals surface area contributed by atoms with Crippen molar-refractivity contribution in [2.24, 2.45) is 11.8 Å². The molecule has 174 valence electrons. The number of rotatable bonds is 7. The zero-order chi connectivity index (χ0) is 23.0. The molecule has 3 fully saturated rings. The fourth-order valence-electron chi connectivity index (χ4n) is 5.02. The van der Waals surface area contributed by atoms with Crippen molar-refractivity contribution in [2.75, 3.05) is 29.5 Å².